The SMILES string of the molecule is [NH3+][C@H]1CCc2sc(NC(=O)C3CC3(F)F)cc2C1. The van der Waals surface area contributed by atoms with Gasteiger partial charge in [0, 0.05) is 24.1 Å². The van der Waals surface area contributed by atoms with Crippen molar-refractivity contribution < 1.29 is 19.3 Å². The third kappa shape index (κ3) is 2.14. The van der Waals surface area contributed by atoms with Gasteiger partial charge in [-0.05, 0) is 18.1 Å². The summed E-state index contributed by atoms with van der Waals surface area (Å²) in [6.07, 6.45) is 2.64. The minimum absolute atomic E-state index is 0.315. The summed E-state index contributed by atoms with van der Waals surface area (Å²) in [5.41, 5.74) is 5.25. The van der Waals surface area contributed by atoms with Crippen molar-refractivity contribution in [2.75, 3.05) is 5.32 Å². The van der Waals surface area contributed by atoms with Gasteiger partial charge in [0.25, 0.3) is 5.92 Å². The molecule has 3 nitrogen and oxygen atoms in total. The van der Waals surface area contributed by atoms with Crippen LogP contribution in [0.1, 0.15) is 23.3 Å². The van der Waals surface area contributed by atoms with E-state index < -0.39 is 17.7 Å². The van der Waals surface area contributed by atoms with Crippen LogP contribution in [0.5, 0.6) is 0 Å². The average molecular weight is 273 g/mol. The maximum atomic E-state index is 12.8. The molecule has 6 heteroatoms. The van der Waals surface area contributed by atoms with Crippen molar-refractivity contribution in [2.45, 2.75) is 37.6 Å². The normalized spacial score (nSPS) is 28.6. The van der Waals surface area contributed by atoms with Crippen LogP contribution in [0, 0.1) is 5.92 Å². The molecule has 1 unspecified atom stereocenters. The first-order valence-electron chi connectivity index (χ1n) is 6.09. The van der Waals surface area contributed by atoms with E-state index in [1.165, 1.54) is 21.8 Å². The van der Waals surface area contributed by atoms with E-state index in [0.717, 1.165) is 19.3 Å². The highest BCUT2D eigenvalue weighted by Gasteiger charge is 2.61. The predicted octanol–water partition coefficient (Wildman–Crippen LogP) is 1.44. The van der Waals surface area contributed by atoms with Crippen LogP contribution in [-0.2, 0) is 17.6 Å². The van der Waals surface area contributed by atoms with Crippen LogP contribution in [0.15, 0.2) is 6.07 Å². The smallest absolute Gasteiger partial charge is 0.260 e. The summed E-state index contributed by atoms with van der Waals surface area (Å²) >= 11 is 1.51. The number of amides is 1. The zero-order valence-corrected chi connectivity index (χ0v) is 10.7. The third-order valence-corrected chi connectivity index (χ3v) is 4.73. The van der Waals surface area contributed by atoms with Crippen molar-refractivity contribution in [1.82, 2.24) is 0 Å². The summed E-state index contributed by atoms with van der Waals surface area (Å²) in [6.45, 7) is 0. The van der Waals surface area contributed by atoms with Gasteiger partial charge >= 0.3 is 0 Å². The first kappa shape index (κ1) is 12.0. The minimum Gasteiger partial charge on any atom is -0.355 e. The molecule has 2 aliphatic carbocycles. The topological polar surface area (TPSA) is 56.7 Å². The lowest BCUT2D eigenvalue weighted by Crippen LogP contribution is -2.62. The average Bonchev–Trinajstić information content (AvgIpc) is 2.76. The number of carbonyl (C=O) groups excluding carboxylic acids is 1. The Bertz CT molecular complexity index is 500. The quantitative estimate of drug-likeness (QED) is 0.841. The van der Waals surface area contributed by atoms with Crippen LogP contribution in [0.4, 0.5) is 13.8 Å². The van der Waals surface area contributed by atoms with Gasteiger partial charge in [0.05, 0.1) is 11.0 Å². The lowest BCUT2D eigenvalue weighted by Gasteiger charge is -2.14. The Morgan fingerprint density at radius 1 is 1.56 bits per heavy atom. The molecule has 18 heavy (non-hydrogen) atoms. The molecule has 1 heterocycles. The van der Waals surface area contributed by atoms with Gasteiger partial charge in [0.15, 0.2) is 0 Å². The maximum Gasteiger partial charge on any atom is 0.260 e. The lowest BCUT2D eigenvalue weighted by atomic mass is 9.95. The molecule has 2 atom stereocenters. The number of quaternary nitrogens is 1. The van der Waals surface area contributed by atoms with Gasteiger partial charge in [-0.3, -0.25) is 4.79 Å². The number of carbonyl (C=O) groups is 1. The zero-order chi connectivity index (χ0) is 12.9. The summed E-state index contributed by atoms with van der Waals surface area (Å²) < 4.78 is 25.5. The molecule has 1 fully saturated rings. The highest BCUT2D eigenvalue weighted by Crippen LogP contribution is 2.49. The Morgan fingerprint density at radius 3 is 2.94 bits per heavy atom. The Kier molecular flexibility index (Phi) is 2.67. The van der Waals surface area contributed by atoms with Gasteiger partial charge in [0.1, 0.15) is 5.92 Å². The van der Waals surface area contributed by atoms with Gasteiger partial charge in [-0.1, -0.05) is 0 Å². The van der Waals surface area contributed by atoms with Crippen LogP contribution in [0.3, 0.4) is 0 Å². The van der Waals surface area contributed by atoms with Crippen LogP contribution in [0.2, 0.25) is 0 Å². The van der Waals surface area contributed by atoms with Gasteiger partial charge in [-0.25, -0.2) is 8.78 Å². The molecule has 0 saturated heterocycles. The Hall–Kier alpha value is -1.01. The molecule has 0 aliphatic heterocycles. The largest absolute Gasteiger partial charge is 0.355 e. The first-order valence-corrected chi connectivity index (χ1v) is 6.91. The van der Waals surface area contributed by atoms with Gasteiger partial charge in [0.2, 0.25) is 5.91 Å². The molecule has 1 amide bonds. The van der Waals surface area contributed by atoms with Crippen molar-refractivity contribution >= 4 is 22.2 Å². The highest BCUT2D eigenvalue weighted by molar-refractivity contribution is 7.16. The molecule has 2 aliphatic rings. The summed E-state index contributed by atoms with van der Waals surface area (Å²) in [6, 6.07) is 2.33. The predicted molar refractivity (Wildman–Crippen MR) is 64.7 cm³/mol. The van der Waals surface area contributed by atoms with E-state index in [0.29, 0.717) is 11.0 Å². The monoisotopic (exact) mass is 273 g/mol. The van der Waals surface area contributed by atoms with Crippen molar-refractivity contribution in [3.8, 4) is 0 Å². The molecule has 1 aromatic rings. The fraction of sp³-hybridized carbons (Fsp3) is 0.583. The number of aryl methyl sites for hydroxylation is 1. The lowest BCUT2D eigenvalue weighted by molar-refractivity contribution is -0.421. The highest BCUT2D eigenvalue weighted by atomic mass is 32.1. The summed E-state index contributed by atoms with van der Waals surface area (Å²) in [4.78, 5) is 12.8. The summed E-state index contributed by atoms with van der Waals surface area (Å²) in [5.74, 6) is -4.47. The number of thiophene rings is 1. The molecular formula is C12H15F2N2OS+. The van der Waals surface area contributed by atoms with Crippen molar-refractivity contribution in [3.63, 3.8) is 0 Å². The van der Waals surface area contributed by atoms with Crippen LogP contribution in [0.25, 0.3) is 0 Å². The number of anilines is 1. The van der Waals surface area contributed by atoms with Crippen molar-refractivity contribution in [3.05, 3.63) is 16.5 Å². The van der Waals surface area contributed by atoms with Crippen LogP contribution < -0.4 is 11.1 Å². The molecule has 4 N–H and O–H groups in total. The second kappa shape index (κ2) is 3.99. The van der Waals surface area contributed by atoms with E-state index in [2.05, 4.69) is 11.1 Å². The fourth-order valence-electron chi connectivity index (χ4n) is 2.37. The molecule has 0 aromatic carbocycles. The van der Waals surface area contributed by atoms with E-state index in [4.69, 9.17) is 0 Å². The third-order valence-electron chi connectivity index (χ3n) is 3.57. The van der Waals surface area contributed by atoms with Gasteiger partial charge in [-0.15, -0.1) is 11.3 Å². The second-order valence-corrected chi connectivity index (χ2v) is 6.31. The second-order valence-electron chi connectivity index (χ2n) is 5.17. The van der Waals surface area contributed by atoms with Crippen molar-refractivity contribution in [2.24, 2.45) is 5.92 Å². The van der Waals surface area contributed by atoms with Crippen molar-refractivity contribution in [1.29, 1.82) is 0 Å². The Labute approximate surface area is 107 Å². The number of hydrogen-bond donors (Lipinski definition) is 2. The number of fused-ring (bicyclic) bond motifs is 1. The molecule has 3 rings (SSSR count). The Morgan fingerprint density at radius 2 is 2.28 bits per heavy atom. The van der Waals surface area contributed by atoms with Crippen LogP contribution in [-0.4, -0.2) is 17.9 Å². The van der Waals surface area contributed by atoms with E-state index in [9.17, 15) is 13.6 Å². The maximum absolute atomic E-state index is 12.8. The van der Waals surface area contributed by atoms with E-state index >= 15 is 0 Å². The minimum atomic E-state index is -2.79. The number of alkyl halides is 2. The zero-order valence-electron chi connectivity index (χ0n) is 9.84. The molecule has 98 valence electrons. The number of halogens is 2. The summed E-state index contributed by atoms with van der Waals surface area (Å²) in [7, 11) is 0. The van der Waals surface area contributed by atoms with E-state index in [1.54, 1.807) is 0 Å². The molecule has 0 bridgehead atoms. The molecular weight excluding hydrogens is 258 g/mol. The molecule has 1 saturated carbocycles. The molecule has 1 aromatic heterocycles. The Balaban J connectivity index is 1.69. The fourth-order valence-corrected chi connectivity index (χ4v) is 3.48. The van der Waals surface area contributed by atoms with Gasteiger partial charge in [-0.2, -0.15) is 0 Å². The standard InChI is InChI=1S/C12H14F2N2OS/c13-12(14)5-8(12)11(17)16-10-4-6-3-7(15)1-2-9(6)18-10/h4,7-8H,1-3,5,15H2,(H,16,17)/p+1/t7-,8?/m0/s1. The molecule has 0 radical (unpaired) electrons. The van der Waals surface area contributed by atoms with E-state index in [1.807, 2.05) is 6.07 Å². The number of nitrogens with one attached hydrogen (secondary N) is 1. The number of hydrogen-bond acceptors (Lipinski definition) is 2. The van der Waals surface area contributed by atoms with Gasteiger partial charge < -0.3 is 11.1 Å². The first-order chi connectivity index (χ1) is 8.45. The number of rotatable bonds is 2. The molecule has 0 spiro atoms. The van der Waals surface area contributed by atoms with E-state index in [-0.39, 0.29) is 6.42 Å². The summed E-state index contributed by atoms with van der Waals surface area (Å²) in [5, 5.41) is 3.31. The van der Waals surface area contributed by atoms with Crippen LogP contribution >= 0.6 is 11.3 Å².